The van der Waals surface area contributed by atoms with E-state index in [1.807, 2.05) is 49.4 Å². The van der Waals surface area contributed by atoms with Gasteiger partial charge in [0.25, 0.3) is 5.91 Å². The topological polar surface area (TPSA) is 104 Å². The van der Waals surface area contributed by atoms with Crippen molar-refractivity contribution in [3.05, 3.63) is 65.5 Å². The van der Waals surface area contributed by atoms with Gasteiger partial charge < -0.3 is 15.1 Å². The fourth-order valence-electron chi connectivity index (χ4n) is 2.93. The largest absolute Gasteiger partial charge is 0.390 e. The first-order chi connectivity index (χ1) is 14.1. The lowest BCUT2D eigenvalue weighted by Gasteiger charge is -2.16. The van der Waals surface area contributed by atoms with Gasteiger partial charge >= 0.3 is 0 Å². The second-order valence-corrected chi connectivity index (χ2v) is 7.40. The maximum Gasteiger partial charge on any atom is 0.287 e. The van der Waals surface area contributed by atoms with Gasteiger partial charge in [0.2, 0.25) is 5.84 Å². The quantitative estimate of drug-likeness (QED) is 0.540. The van der Waals surface area contributed by atoms with Gasteiger partial charge in [0.05, 0.1) is 29.1 Å². The number of rotatable bonds is 6. The number of nitrogens with one attached hydrogen (secondary N) is 2. The third-order valence-corrected chi connectivity index (χ3v) is 5.25. The molecule has 0 unspecified atom stereocenters. The van der Waals surface area contributed by atoms with Gasteiger partial charge in [0.15, 0.2) is 0 Å². The molecule has 148 valence electrons. The standard InChI is InChI=1S/C20H20N6O2S/c1-13-6-7-16-18(10-13)29-25-19(23-16)20(28)21-9-8-14-4-2-3-5-17(14)26-22-11-15(12-27)24-26/h2-7,10-11,27H,8-9,12H2,1H3,(H,21,28)(H,23,25). The predicted molar refractivity (Wildman–Crippen MR) is 111 cm³/mol. The van der Waals surface area contributed by atoms with E-state index < -0.39 is 0 Å². The Balaban J connectivity index is 1.41. The zero-order valence-electron chi connectivity index (χ0n) is 15.8. The Kier molecular flexibility index (Phi) is 5.59. The monoisotopic (exact) mass is 408 g/mol. The Hall–Kier alpha value is -3.17. The minimum atomic E-state index is -0.249. The van der Waals surface area contributed by atoms with Crippen LogP contribution in [0, 0.1) is 6.92 Å². The summed E-state index contributed by atoms with van der Waals surface area (Å²) in [6, 6.07) is 13.6. The van der Waals surface area contributed by atoms with Crippen LogP contribution in [0.5, 0.6) is 0 Å². The Bertz CT molecular complexity index is 1080. The van der Waals surface area contributed by atoms with E-state index in [0.29, 0.717) is 24.5 Å². The third kappa shape index (κ3) is 4.30. The number of aliphatic hydroxyl groups is 1. The molecule has 3 N–H and O–H groups in total. The first kappa shape index (κ1) is 19.2. The molecule has 1 aliphatic rings. The molecule has 2 heterocycles. The number of aliphatic imine (C=N–C) groups is 1. The van der Waals surface area contributed by atoms with Crippen molar-refractivity contribution in [3.63, 3.8) is 0 Å². The fourth-order valence-corrected chi connectivity index (χ4v) is 3.74. The van der Waals surface area contributed by atoms with Crippen LogP contribution in [0.15, 0.2) is 58.5 Å². The maximum atomic E-state index is 12.5. The molecule has 0 fully saturated rings. The third-order valence-electron chi connectivity index (χ3n) is 4.41. The van der Waals surface area contributed by atoms with Crippen LogP contribution in [0.4, 0.5) is 5.69 Å². The van der Waals surface area contributed by atoms with Crippen molar-refractivity contribution in [2.45, 2.75) is 24.8 Å². The number of carbonyl (C=O) groups excluding carboxylic acids is 1. The van der Waals surface area contributed by atoms with E-state index in [1.54, 1.807) is 0 Å². The van der Waals surface area contributed by atoms with E-state index in [0.717, 1.165) is 27.4 Å². The number of amides is 1. The van der Waals surface area contributed by atoms with E-state index in [2.05, 4.69) is 25.2 Å². The summed E-state index contributed by atoms with van der Waals surface area (Å²) < 4.78 is 3.00. The summed E-state index contributed by atoms with van der Waals surface area (Å²) in [6.07, 6.45) is 2.14. The van der Waals surface area contributed by atoms with Crippen molar-refractivity contribution in [3.8, 4) is 5.69 Å². The van der Waals surface area contributed by atoms with Gasteiger partial charge in [0.1, 0.15) is 5.69 Å². The molecule has 8 nitrogen and oxygen atoms in total. The smallest absolute Gasteiger partial charge is 0.287 e. The molecule has 0 radical (unpaired) electrons. The number of fused-ring (bicyclic) bond motifs is 1. The van der Waals surface area contributed by atoms with Gasteiger partial charge in [0, 0.05) is 6.54 Å². The number of aromatic nitrogens is 3. The lowest BCUT2D eigenvalue weighted by atomic mass is 10.1. The highest BCUT2D eigenvalue weighted by Gasteiger charge is 2.18. The van der Waals surface area contributed by atoms with Crippen LogP contribution >= 0.6 is 11.9 Å². The number of hydrogen-bond donors (Lipinski definition) is 3. The van der Waals surface area contributed by atoms with Crippen LogP contribution in [0.1, 0.15) is 16.8 Å². The van der Waals surface area contributed by atoms with Crippen molar-refractivity contribution in [2.75, 3.05) is 6.54 Å². The van der Waals surface area contributed by atoms with E-state index in [-0.39, 0.29) is 12.5 Å². The summed E-state index contributed by atoms with van der Waals surface area (Å²) in [4.78, 5) is 19.4. The minimum Gasteiger partial charge on any atom is -0.390 e. The lowest BCUT2D eigenvalue weighted by Crippen LogP contribution is -2.39. The number of carbonyl (C=O) groups is 1. The number of aryl methyl sites for hydroxylation is 1. The van der Waals surface area contributed by atoms with Crippen LogP contribution in [0.25, 0.3) is 5.69 Å². The van der Waals surface area contributed by atoms with Gasteiger partial charge in [-0.25, -0.2) is 4.99 Å². The Morgan fingerprint density at radius 1 is 1.28 bits per heavy atom. The minimum absolute atomic E-state index is 0.159. The van der Waals surface area contributed by atoms with E-state index in [9.17, 15) is 9.90 Å². The van der Waals surface area contributed by atoms with Gasteiger partial charge in [-0.1, -0.05) is 24.3 Å². The van der Waals surface area contributed by atoms with Gasteiger partial charge in [-0.05, 0) is 54.6 Å². The first-order valence-electron chi connectivity index (χ1n) is 9.15. The summed E-state index contributed by atoms with van der Waals surface area (Å²) in [6.45, 7) is 2.30. The van der Waals surface area contributed by atoms with Crippen molar-refractivity contribution in [1.82, 2.24) is 25.0 Å². The van der Waals surface area contributed by atoms with Gasteiger partial charge in [-0.2, -0.15) is 15.0 Å². The Labute approximate surface area is 172 Å². The highest BCUT2D eigenvalue weighted by atomic mass is 32.2. The number of hydrogen-bond acceptors (Lipinski definition) is 7. The van der Waals surface area contributed by atoms with Crippen LogP contribution in [0.2, 0.25) is 0 Å². The fraction of sp³-hybridized carbons (Fsp3) is 0.200. The van der Waals surface area contributed by atoms with E-state index in [4.69, 9.17) is 0 Å². The van der Waals surface area contributed by atoms with Crippen molar-refractivity contribution in [2.24, 2.45) is 4.99 Å². The Morgan fingerprint density at radius 2 is 2.14 bits per heavy atom. The molecule has 0 saturated carbocycles. The first-order valence-corrected chi connectivity index (χ1v) is 9.96. The Morgan fingerprint density at radius 3 is 2.97 bits per heavy atom. The molecule has 0 spiro atoms. The van der Waals surface area contributed by atoms with Crippen LogP contribution in [-0.4, -0.2) is 38.4 Å². The molecule has 0 atom stereocenters. The number of aliphatic hydroxyl groups excluding tert-OH is 1. The molecule has 2 aromatic carbocycles. The number of benzene rings is 2. The van der Waals surface area contributed by atoms with Crippen LogP contribution < -0.4 is 10.0 Å². The summed E-state index contributed by atoms with van der Waals surface area (Å²) in [5.74, 6) is 0.0435. The molecule has 4 rings (SSSR count). The van der Waals surface area contributed by atoms with Crippen LogP contribution in [-0.2, 0) is 17.8 Å². The molecule has 0 aliphatic carbocycles. The zero-order chi connectivity index (χ0) is 20.2. The molecule has 1 aliphatic heterocycles. The van der Waals surface area contributed by atoms with Gasteiger partial charge in [-0.3, -0.25) is 4.79 Å². The molecule has 1 aromatic heterocycles. The van der Waals surface area contributed by atoms with Crippen molar-refractivity contribution >= 4 is 29.4 Å². The van der Waals surface area contributed by atoms with E-state index in [1.165, 1.54) is 22.9 Å². The van der Waals surface area contributed by atoms with Crippen molar-refractivity contribution < 1.29 is 9.90 Å². The second-order valence-electron chi connectivity index (χ2n) is 6.55. The average molecular weight is 408 g/mol. The molecule has 3 aromatic rings. The SMILES string of the molecule is Cc1ccc2c(c1)SNC(C(=O)NCCc1ccccc1-n1ncc(CO)n1)=N2. The zero-order valence-corrected chi connectivity index (χ0v) is 16.6. The summed E-state index contributed by atoms with van der Waals surface area (Å²) >= 11 is 1.39. The molecule has 9 heteroatoms. The molecule has 0 bridgehead atoms. The highest BCUT2D eigenvalue weighted by Crippen LogP contribution is 2.31. The van der Waals surface area contributed by atoms with Crippen molar-refractivity contribution in [1.29, 1.82) is 0 Å². The number of amidine groups is 1. The highest BCUT2D eigenvalue weighted by molar-refractivity contribution is 7.98. The molecular formula is C20H20N6O2S. The molecule has 0 saturated heterocycles. The van der Waals surface area contributed by atoms with Gasteiger partial charge in [-0.15, -0.1) is 0 Å². The van der Waals surface area contributed by atoms with E-state index >= 15 is 0 Å². The second kappa shape index (κ2) is 8.46. The lowest BCUT2D eigenvalue weighted by molar-refractivity contribution is -0.114. The normalized spacial score (nSPS) is 12.7. The summed E-state index contributed by atoms with van der Waals surface area (Å²) in [7, 11) is 0. The maximum absolute atomic E-state index is 12.5. The predicted octanol–water partition coefficient (Wildman–Crippen LogP) is 2.07. The summed E-state index contributed by atoms with van der Waals surface area (Å²) in [5.41, 5.74) is 4.25. The molecule has 1 amide bonds. The molecule has 29 heavy (non-hydrogen) atoms. The van der Waals surface area contributed by atoms with Crippen LogP contribution in [0.3, 0.4) is 0 Å². The number of nitrogens with zero attached hydrogens (tertiary/aromatic N) is 4. The molecular weight excluding hydrogens is 388 g/mol. The number of para-hydroxylation sites is 1. The summed E-state index contributed by atoms with van der Waals surface area (Å²) in [5, 5.41) is 20.5. The average Bonchev–Trinajstić information content (AvgIpc) is 3.23.